The monoisotopic (exact) mass is 292 g/mol. The summed E-state index contributed by atoms with van der Waals surface area (Å²) >= 11 is 0. The summed E-state index contributed by atoms with van der Waals surface area (Å²) in [6.07, 6.45) is -0.452. The lowest BCUT2D eigenvalue weighted by Gasteiger charge is -2.40. The molecule has 2 saturated heterocycles. The Bertz CT molecular complexity index is 473. The summed E-state index contributed by atoms with van der Waals surface area (Å²) in [6, 6.07) is 10.2. The molecule has 1 aromatic carbocycles. The minimum Gasteiger partial charge on any atom is -0.370 e. The van der Waals surface area contributed by atoms with Gasteiger partial charge in [0, 0.05) is 5.92 Å². The summed E-state index contributed by atoms with van der Waals surface area (Å²) < 4.78 is 23.9. The SMILES string of the molecule is CC1O[C@@H]2OC(C)(C)O[C@H]2C(OCc2ccccc2)[C@H]1C. The molecule has 2 unspecified atom stereocenters. The molecule has 0 aromatic heterocycles. The molecule has 4 heteroatoms. The van der Waals surface area contributed by atoms with E-state index in [2.05, 4.69) is 26.0 Å². The first kappa shape index (κ1) is 15.0. The summed E-state index contributed by atoms with van der Waals surface area (Å²) in [7, 11) is 0. The summed E-state index contributed by atoms with van der Waals surface area (Å²) in [4.78, 5) is 0. The van der Waals surface area contributed by atoms with Gasteiger partial charge >= 0.3 is 0 Å². The van der Waals surface area contributed by atoms with Gasteiger partial charge in [-0.05, 0) is 26.3 Å². The average molecular weight is 292 g/mol. The van der Waals surface area contributed by atoms with Gasteiger partial charge in [0.05, 0.1) is 18.8 Å². The minimum absolute atomic E-state index is 0.0271. The highest BCUT2D eigenvalue weighted by molar-refractivity contribution is 5.13. The van der Waals surface area contributed by atoms with E-state index in [-0.39, 0.29) is 30.5 Å². The molecule has 4 nitrogen and oxygen atoms in total. The Morgan fingerprint density at radius 1 is 1.10 bits per heavy atom. The third-order valence-corrected chi connectivity index (χ3v) is 4.30. The van der Waals surface area contributed by atoms with E-state index in [1.165, 1.54) is 5.56 Å². The van der Waals surface area contributed by atoms with E-state index < -0.39 is 5.79 Å². The first-order valence-electron chi connectivity index (χ1n) is 7.63. The van der Waals surface area contributed by atoms with Crippen molar-refractivity contribution >= 4 is 0 Å². The molecule has 0 bridgehead atoms. The van der Waals surface area contributed by atoms with Gasteiger partial charge in [-0.1, -0.05) is 37.3 Å². The zero-order chi connectivity index (χ0) is 15.0. The second-order valence-electron chi connectivity index (χ2n) is 6.43. The molecular formula is C17H24O4. The van der Waals surface area contributed by atoms with Crippen molar-refractivity contribution < 1.29 is 18.9 Å². The fourth-order valence-corrected chi connectivity index (χ4v) is 3.00. The molecule has 116 valence electrons. The third-order valence-electron chi connectivity index (χ3n) is 4.30. The van der Waals surface area contributed by atoms with E-state index in [4.69, 9.17) is 18.9 Å². The summed E-state index contributed by atoms with van der Waals surface area (Å²) in [5, 5.41) is 0. The van der Waals surface area contributed by atoms with Crippen LogP contribution < -0.4 is 0 Å². The maximum absolute atomic E-state index is 6.17. The van der Waals surface area contributed by atoms with Gasteiger partial charge in [-0.2, -0.15) is 0 Å². The Labute approximate surface area is 126 Å². The fraction of sp³-hybridized carbons (Fsp3) is 0.647. The van der Waals surface area contributed by atoms with E-state index in [0.717, 1.165) is 0 Å². The molecule has 3 rings (SSSR count). The largest absolute Gasteiger partial charge is 0.370 e. The molecule has 21 heavy (non-hydrogen) atoms. The topological polar surface area (TPSA) is 36.9 Å². The van der Waals surface area contributed by atoms with Crippen LogP contribution in [0.1, 0.15) is 33.3 Å². The van der Waals surface area contributed by atoms with Gasteiger partial charge in [0.1, 0.15) is 6.10 Å². The Morgan fingerprint density at radius 2 is 1.81 bits per heavy atom. The molecule has 2 aliphatic rings. The molecule has 1 aromatic rings. The fourth-order valence-electron chi connectivity index (χ4n) is 3.00. The Hall–Kier alpha value is -0.940. The number of rotatable bonds is 3. The lowest BCUT2D eigenvalue weighted by Crippen LogP contribution is -2.52. The Balaban J connectivity index is 1.71. The molecule has 2 aliphatic heterocycles. The van der Waals surface area contributed by atoms with Crippen molar-refractivity contribution in [2.75, 3.05) is 0 Å². The highest BCUT2D eigenvalue weighted by atomic mass is 16.8. The van der Waals surface area contributed by atoms with Crippen molar-refractivity contribution in [1.29, 1.82) is 0 Å². The Morgan fingerprint density at radius 3 is 2.52 bits per heavy atom. The number of hydrogen-bond donors (Lipinski definition) is 0. The van der Waals surface area contributed by atoms with Gasteiger partial charge in [0.2, 0.25) is 0 Å². The van der Waals surface area contributed by atoms with Crippen molar-refractivity contribution in [3.8, 4) is 0 Å². The van der Waals surface area contributed by atoms with E-state index in [9.17, 15) is 0 Å². The predicted molar refractivity (Wildman–Crippen MR) is 78.6 cm³/mol. The molecule has 0 N–H and O–H groups in total. The maximum atomic E-state index is 6.17. The van der Waals surface area contributed by atoms with Crippen molar-refractivity contribution in [3.05, 3.63) is 35.9 Å². The zero-order valence-corrected chi connectivity index (χ0v) is 13.1. The van der Waals surface area contributed by atoms with Crippen LogP contribution in [-0.2, 0) is 25.6 Å². The first-order valence-corrected chi connectivity index (χ1v) is 7.63. The van der Waals surface area contributed by atoms with E-state index in [0.29, 0.717) is 6.61 Å². The van der Waals surface area contributed by atoms with Gasteiger partial charge in [-0.3, -0.25) is 0 Å². The molecule has 0 spiro atoms. The van der Waals surface area contributed by atoms with Crippen LogP contribution in [0.5, 0.6) is 0 Å². The van der Waals surface area contributed by atoms with Crippen LogP contribution in [0.3, 0.4) is 0 Å². The van der Waals surface area contributed by atoms with Crippen LogP contribution in [0, 0.1) is 5.92 Å². The second-order valence-corrected chi connectivity index (χ2v) is 6.43. The van der Waals surface area contributed by atoms with Crippen LogP contribution in [0.4, 0.5) is 0 Å². The number of benzene rings is 1. The minimum atomic E-state index is -0.618. The van der Waals surface area contributed by atoms with Gasteiger partial charge in [-0.15, -0.1) is 0 Å². The highest BCUT2D eigenvalue weighted by Gasteiger charge is 2.52. The quantitative estimate of drug-likeness (QED) is 0.858. The lowest BCUT2D eigenvalue weighted by molar-refractivity contribution is -0.237. The van der Waals surface area contributed by atoms with Gasteiger partial charge in [-0.25, -0.2) is 0 Å². The third kappa shape index (κ3) is 3.14. The summed E-state index contributed by atoms with van der Waals surface area (Å²) in [5.74, 6) is -0.361. The lowest BCUT2D eigenvalue weighted by atomic mass is 9.91. The van der Waals surface area contributed by atoms with E-state index >= 15 is 0 Å². The molecule has 0 aliphatic carbocycles. The highest BCUT2D eigenvalue weighted by Crippen LogP contribution is 2.39. The van der Waals surface area contributed by atoms with Crippen molar-refractivity contribution in [1.82, 2.24) is 0 Å². The summed E-state index contributed by atoms with van der Waals surface area (Å²) in [6.45, 7) is 8.62. The van der Waals surface area contributed by atoms with Crippen molar-refractivity contribution in [2.24, 2.45) is 5.92 Å². The van der Waals surface area contributed by atoms with Crippen molar-refractivity contribution in [3.63, 3.8) is 0 Å². The number of ether oxygens (including phenoxy) is 4. The maximum Gasteiger partial charge on any atom is 0.190 e. The molecule has 0 saturated carbocycles. The molecule has 0 amide bonds. The van der Waals surface area contributed by atoms with Gasteiger partial charge in [0.25, 0.3) is 0 Å². The standard InChI is InChI=1S/C17H24O4/c1-11-12(2)19-16-15(20-17(3,4)21-16)14(11)18-10-13-8-6-5-7-9-13/h5-9,11-12,14-16H,10H2,1-4H3/t11-,12?,14?,15-,16+/m0/s1. The molecule has 2 heterocycles. The molecular weight excluding hydrogens is 268 g/mol. The van der Waals surface area contributed by atoms with Crippen molar-refractivity contribution in [2.45, 2.75) is 64.7 Å². The van der Waals surface area contributed by atoms with Gasteiger partial charge < -0.3 is 18.9 Å². The predicted octanol–water partition coefficient (Wildman–Crippen LogP) is 3.10. The smallest absolute Gasteiger partial charge is 0.190 e. The number of fused-ring (bicyclic) bond motifs is 1. The molecule has 0 radical (unpaired) electrons. The normalized spacial score (nSPS) is 38.2. The molecule has 2 fully saturated rings. The Kier molecular flexibility index (Phi) is 4.06. The van der Waals surface area contributed by atoms with Crippen LogP contribution in [0.2, 0.25) is 0 Å². The number of hydrogen-bond acceptors (Lipinski definition) is 4. The average Bonchev–Trinajstić information content (AvgIpc) is 2.74. The second kappa shape index (κ2) is 5.69. The first-order chi connectivity index (χ1) is 9.96. The summed E-state index contributed by atoms with van der Waals surface area (Å²) in [5.41, 5.74) is 1.17. The van der Waals surface area contributed by atoms with Crippen LogP contribution in [0.25, 0.3) is 0 Å². The van der Waals surface area contributed by atoms with Crippen LogP contribution in [-0.4, -0.2) is 30.4 Å². The van der Waals surface area contributed by atoms with Crippen LogP contribution in [0.15, 0.2) is 30.3 Å². The van der Waals surface area contributed by atoms with Crippen LogP contribution >= 0.6 is 0 Å². The van der Waals surface area contributed by atoms with Gasteiger partial charge in [0.15, 0.2) is 12.1 Å². The van der Waals surface area contributed by atoms with E-state index in [1.807, 2.05) is 32.0 Å². The zero-order valence-electron chi connectivity index (χ0n) is 13.1. The molecule has 5 atom stereocenters. The van der Waals surface area contributed by atoms with E-state index in [1.54, 1.807) is 0 Å².